The van der Waals surface area contributed by atoms with Crippen molar-refractivity contribution in [2.24, 2.45) is 11.3 Å². The quantitative estimate of drug-likeness (QED) is 0.431. The van der Waals surface area contributed by atoms with Gasteiger partial charge in [0.15, 0.2) is 0 Å². The van der Waals surface area contributed by atoms with Gasteiger partial charge in [-0.05, 0) is 24.2 Å². The van der Waals surface area contributed by atoms with E-state index < -0.39 is 0 Å². The van der Waals surface area contributed by atoms with Crippen LogP contribution in [-0.4, -0.2) is 40.0 Å². The van der Waals surface area contributed by atoms with E-state index in [2.05, 4.69) is 32.7 Å². The summed E-state index contributed by atoms with van der Waals surface area (Å²) in [5.74, 6) is 0.714. The smallest absolute Gasteiger partial charge is 0.0587 e. The van der Waals surface area contributed by atoms with E-state index >= 15 is 0 Å². The molecule has 0 aliphatic rings. The van der Waals surface area contributed by atoms with Gasteiger partial charge in [-0.3, -0.25) is 0 Å². The summed E-state index contributed by atoms with van der Waals surface area (Å²) < 4.78 is 10.7. The van der Waals surface area contributed by atoms with Gasteiger partial charge in [-0.2, -0.15) is 0 Å². The van der Waals surface area contributed by atoms with Gasteiger partial charge in [0.1, 0.15) is 0 Å². The van der Waals surface area contributed by atoms with E-state index in [-0.39, 0.29) is 5.41 Å². The van der Waals surface area contributed by atoms with Crippen LogP contribution in [0.3, 0.4) is 0 Å². The van der Waals surface area contributed by atoms with E-state index in [1.165, 1.54) is 0 Å². The maximum absolute atomic E-state index is 5.67. The number of nitrogens with one attached hydrogen (secondary N) is 1. The Hall–Kier alpha value is -0.380. The summed E-state index contributed by atoms with van der Waals surface area (Å²) >= 11 is 0. The summed E-state index contributed by atoms with van der Waals surface area (Å²) in [5.41, 5.74) is 0.103. The Balaban J connectivity index is 3.68. The Morgan fingerprint density at radius 3 is 2.56 bits per heavy atom. The summed E-state index contributed by atoms with van der Waals surface area (Å²) in [4.78, 5) is 0. The third kappa shape index (κ3) is 9.63. The molecule has 0 saturated carbocycles. The average molecular weight is 257 g/mol. The Morgan fingerprint density at radius 2 is 2.00 bits per heavy atom. The Labute approximate surface area is 113 Å². The predicted molar refractivity (Wildman–Crippen MR) is 77.9 cm³/mol. The first kappa shape index (κ1) is 17.6. The topological polar surface area (TPSA) is 30.5 Å². The fourth-order valence-electron chi connectivity index (χ4n) is 1.54. The second-order valence-corrected chi connectivity index (χ2v) is 5.57. The molecule has 0 spiro atoms. The second kappa shape index (κ2) is 10.5. The predicted octanol–water partition coefficient (Wildman–Crippen LogP) is 2.87. The highest BCUT2D eigenvalue weighted by atomic mass is 16.5. The molecule has 0 aliphatic carbocycles. The Morgan fingerprint density at radius 1 is 1.28 bits per heavy atom. The fourth-order valence-corrected chi connectivity index (χ4v) is 1.54. The molecule has 0 aliphatic heterocycles. The first-order chi connectivity index (χ1) is 8.54. The Bertz CT molecular complexity index is 207. The molecule has 3 nitrogen and oxygen atoms in total. The highest BCUT2D eigenvalue weighted by Gasteiger charge is 2.19. The fraction of sp³-hybridized carbons (Fsp3) is 0.867. The standard InChI is InChI=1S/C15H31NO2/c1-6-15(4,13-16-9-12-17-5)8-11-18-10-7-14(2)3/h6,14,16H,1,7-13H2,2-5H3. The van der Waals surface area contributed by atoms with Crippen LogP contribution < -0.4 is 5.32 Å². The van der Waals surface area contributed by atoms with Crippen LogP contribution in [0.5, 0.6) is 0 Å². The first-order valence-corrected chi connectivity index (χ1v) is 6.95. The third-order valence-electron chi connectivity index (χ3n) is 3.16. The summed E-state index contributed by atoms with van der Waals surface area (Å²) in [7, 11) is 1.72. The molecule has 0 radical (unpaired) electrons. The minimum atomic E-state index is 0.103. The average Bonchev–Trinajstić information content (AvgIpc) is 2.34. The van der Waals surface area contributed by atoms with Gasteiger partial charge < -0.3 is 14.8 Å². The summed E-state index contributed by atoms with van der Waals surface area (Å²) in [6, 6.07) is 0. The van der Waals surface area contributed by atoms with Crippen molar-refractivity contribution in [3.05, 3.63) is 12.7 Å². The monoisotopic (exact) mass is 257 g/mol. The molecule has 0 heterocycles. The molecular weight excluding hydrogens is 226 g/mol. The van der Waals surface area contributed by atoms with Crippen molar-refractivity contribution >= 4 is 0 Å². The molecule has 3 heteroatoms. The van der Waals surface area contributed by atoms with E-state index in [1.54, 1.807) is 7.11 Å². The van der Waals surface area contributed by atoms with Crippen LogP contribution in [0.2, 0.25) is 0 Å². The molecule has 108 valence electrons. The largest absolute Gasteiger partial charge is 0.383 e. The zero-order valence-corrected chi connectivity index (χ0v) is 12.6. The lowest BCUT2D eigenvalue weighted by molar-refractivity contribution is 0.101. The molecule has 1 N–H and O–H groups in total. The zero-order valence-electron chi connectivity index (χ0n) is 12.6. The van der Waals surface area contributed by atoms with Crippen LogP contribution in [0.4, 0.5) is 0 Å². The van der Waals surface area contributed by atoms with E-state index in [9.17, 15) is 0 Å². The lowest BCUT2D eigenvalue weighted by atomic mass is 9.87. The number of methoxy groups -OCH3 is 1. The maximum Gasteiger partial charge on any atom is 0.0587 e. The van der Waals surface area contributed by atoms with Crippen LogP contribution in [0, 0.1) is 11.3 Å². The lowest BCUT2D eigenvalue weighted by Gasteiger charge is -2.26. The van der Waals surface area contributed by atoms with Gasteiger partial charge in [-0.25, -0.2) is 0 Å². The van der Waals surface area contributed by atoms with E-state index in [0.717, 1.165) is 45.8 Å². The molecule has 0 saturated heterocycles. The summed E-state index contributed by atoms with van der Waals surface area (Å²) in [6.07, 6.45) is 4.17. The molecular formula is C15H31NO2. The maximum atomic E-state index is 5.67. The number of hydrogen-bond acceptors (Lipinski definition) is 3. The summed E-state index contributed by atoms with van der Waals surface area (Å²) in [6.45, 7) is 14.8. The second-order valence-electron chi connectivity index (χ2n) is 5.57. The minimum absolute atomic E-state index is 0.103. The molecule has 1 unspecified atom stereocenters. The van der Waals surface area contributed by atoms with Crippen molar-refractivity contribution in [1.29, 1.82) is 0 Å². The van der Waals surface area contributed by atoms with Crippen LogP contribution in [0.25, 0.3) is 0 Å². The molecule has 0 fully saturated rings. The molecule has 1 atom stereocenters. The highest BCUT2D eigenvalue weighted by molar-refractivity contribution is 4.92. The molecule has 18 heavy (non-hydrogen) atoms. The van der Waals surface area contributed by atoms with E-state index in [4.69, 9.17) is 9.47 Å². The van der Waals surface area contributed by atoms with Gasteiger partial charge in [-0.15, -0.1) is 6.58 Å². The van der Waals surface area contributed by atoms with Crippen molar-refractivity contribution in [3.8, 4) is 0 Å². The molecule has 0 aromatic heterocycles. The minimum Gasteiger partial charge on any atom is -0.383 e. The van der Waals surface area contributed by atoms with Gasteiger partial charge in [-0.1, -0.05) is 26.8 Å². The van der Waals surface area contributed by atoms with Crippen molar-refractivity contribution in [2.75, 3.05) is 40.0 Å². The van der Waals surface area contributed by atoms with Crippen LogP contribution in [0.15, 0.2) is 12.7 Å². The molecule has 0 amide bonds. The van der Waals surface area contributed by atoms with Gasteiger partial charge in [0.2, 0.25) is 0 Å². The van der Waals surface area contributed by atoms with E-state index in [1.807, 2.05) is 6.08 Å². The zero-order chi connectivity index (χ0) is 13.9. The van der Waals surface area contributed by atoms with Gasteiger partial charge in [0, 0.05) is 33.4 Å². The van der Waals surface area contributed by atoms with Crippen molar-refractivity contribution in [3.63, 3.8) is 0 Å². The van der Waals surface area contributed by atoms with E-state index in [0.29, 0.717) is 5.92 Å². The lowest BCUT2D eigenvalue weighted by Crippen LogP contribution is -2.33. The Kier molecular flexibility index (Phi) is 10.3. The van der Waals surface area contributed by atoms with Crippen LogP contribution in [0.1, 0.15) is 33.6 Å². The molecule has 0 rings (SSSR count). The molecule has 0 aromatic rings. The number of ether oxygens (including phenoxy) is 2. The normalized spacial score (nSPS) is 14.7. The van der Waals surface area contributed by atoms with Gasteiger partial charge in [0.05, 0.1) is 6.61 Å². The van der Waals surface area contributed by atoms with Crippen molar-refractivity contribution < 1.29 is 9.47 Å². The van der Waals surface area contributed by atoms with Crippen molar-refractivity contribution in [1.82, 2.24) is 5.32 Å². The molecule has 0 aromatic carbocycles. The van der Waals surface area contributed by atoms with Crippen LogP contribution >= 0.6 is 0 Å². The SMILES string of the molecule is C=CC(C)(CCOCCC(C)C)CNCCOC. The summed E-state index contributed by atoms with van der Waals surface area (Å²) in [5, 5.41) is 3.39. The van der Waals surface area contributed by atoms with Crippen LogP contribution in [-0.2, 0) is 9.47 Å². The van der Waals surface area contributed by atoms with Gasteiger partial charge in [0.25, 0.3) is 0 Å². The first-order valence-electron chi connectivity index (χ1n) is 6.95. The highest BCUT2D eigenvalue weighted by Crippen LogP contribution is 2.21. The van der Waals surface area contributed by atoms with Crippen molar-refractivity contribution in [2.45, 2.75) is 33.6 Å². The number of rotatable bonds is 12. The molecule has 0 bridgehead atoms. The third-order valence-corrected chi connectivity index (χ3v) is 3.16. The van der Waals surface area contributed by atoms with Gasteiger partial charge >= 0.3 is 0 Å². The number of hydrogen-bond donors (Lipinski definition) is 1.